The number of methoxy groups -OCH3 is 2. The van der Waals surface area contributed by atoms with Crippen LogP contribution in [0.4, 0.5) is 5.69 Å². The number of benzene rings is 2. The standard InChI is InChI=1S/C20H21N3O4S/c1-12(19-22-17-7-5-4-6-16(17)20(25)23-19)28-11-18(24)21-13-8-14(26-2)10-15(9-13)27-3/h4-10,12H,11H2,1-3H3,(H,21,24)(H,22,23,25). The maximum atomic E-state index is 12.3. The average Bonchev–Trinajstić information content (AvgIpc) is 2.71. The average molecular weight is 399 g/mol. The highest BCUT2D eigenvalue weighted by atomic mass is 32.2. The number of fused-ring (bicyclic) bond motifs is 1. The second-order valence-corrected chi connectivity index (χ2v) is 7.40. The molecule has 2 aromatic carbocycles. The van der Waals surface area contributed by atoms with E-state index in [0.29, 0.717) is 33.9 Å². The van der Waals surface area contributed by atoms with Gasteiger partial charge in [-0.2, -0.15) is 0 Å². The van der Waals surface area contributed by atoms with Crippen LogP contribution in [0.5, 0.6) is 11.5 Å². The van der Waals surface area contributed by atoms with Crippen molar-refractivity contribution in [1.82, 2.24) is 9.97 Å². The summed E-state index contributed by atoms with van der Waals surface area (Å²) in [6, 6.07) is 12.3. The fourth-order valence-corrected chi connectivity index (χ4v) is 3.40. The molecule has 1 unspecified atom stereocenters. The van der Waals surface area contributed by atoms with Crippen LogP contribution in [-0.4, -0.2) is 35.8 Å². The number of aromatic amines is 1. The molecule has 0 saturated carbocycles. The number of hydrogen-bond acceptors (Lipinski definition) is 6. The molecule has 8 heteroatoms. The predicted octanol–water partition coefficient (Wildman–Crippen LogP) is 3.37. The quantitative estimate of drug-likeness (QED) is 0.633. The number of para-hydroxylation sites is 1. The maximum absolute atomic E-state index is 12.3. The van der Waals surface area contributed by atoms with Gasteiger partial charge >= 0.3 is 0 Å². The van der Waals surface area contributed by atoms with Gasteiger partial charge in [-0.05, 0) is 19.1 Å². The molecule has 0 aliphatic carbocycles. The zero-order chi connectivity index (χ0) is 20.1. The van der Waals surface area contributed by atoms with Crippen LogP contribution in [-0.2, 0) is 4.79 Å². The van der Waals surface area contributed by atoms with E-state index in [1.54, 1.807) is 50.6 Å². The van der Waals surface area contributed by atoms with Crippen molar-refractivity contribution in [2.24, 2.45) is 0 Å². The van der Waals surface area contributed by atoms with Crippen LogP contribution in [0.3, 0.4) is 0 Å². The Morgan fingerprint density at radius 3 is 2.54 bits per heavy atom. The van der Waals surface area contributed by atoms with E-state index in [1.807, 2.05) is 13.0 Å². The van der Waals surface area contributed by atoms with Crippen molar-refractivity contribution in [1.29, 1.82) is 0 Å². The Labute approximate surface area is 166 Å². The summed E-state index contributed by atoms with van der Waals surface area (Å²) in [5.41, 5.74) is 1.05. The number of hydrogen-bond donors (Lipinski definition) is 2. The van der Waals surface area contributed by atoms with Gasteiger partial charge in [0.1, 0.15) is 17.3 Å². The van der Waals surface area contributed by atoms with E-state index in [2.05, 4.69) is 15.3 Å². The van der Waals surface area contributed by atoms with Gasteiger partial charge in [-0.15, -0.1) is 11.8 Å². The molecule has 0 spiro atoms. The molecule has 1 atom stereocenters. The molecule has 3 rings (SSSR count). The monoisotopic (exact) mass is 399 g/mol. The fourth-order valence-electron chi connectivity index (χ4n) is 2.65. The third-order valence-corrected chi connectivity index (χ3v) is 5.27. The Morgan fingerprint density at radius 2 is 1.86 bits per heavy atom. The summed E-state index contributed by atoms with van der Waals surface area (Å²) in [7, 11) is 3.10. The number of nitrogens with one attached hydrogen (secondary N) is 2. The van der Waals surface area contributed by atoms with Crippen LogP contribution in [0.15, 0.2) is 47.3 Å². The van der Waals surface area contributed by atoms with Crippen LogP contribution in [0.1, 0.15) is 18.0 Å². The summed E-state index contributed by atoms with van der Waals surface area (Å²) in [6.45, 7) is 1.90. The van der Waals surface area contributed by atoms with Crippen molar-refractivity contribution >= 4 is 34.3 Å². The van der Waals surface area contributed by atoms with Crippen molar-refractivity contribution in [2.75, 3.05) is 25.3 Å². The first-order valence-electron chi connectivity index (χ1n) is 8.63. The third kappa shape index (κ3) is 4.64. The summed E-state index contributed by atoms with van der Waals surface area (Å²) in [6.07, 6.45) is 0. The van der Waals surface area contributed by atoms with Crippen LogP contribution in [0.25, 0.3) is 10.9 Å². The van der Waals surface area contributed by atoms with Crippen molar-refractivity contribution < 1.29 is 14.3 Å². The van der Waals surface area contributed by atoms with Gasteiger partial charge in [-0.1, -0.05) is 12.1 Å². The highest BCUT2D eigenvalue weighted by Gasteiger charge is 2.14. The molecule has 0 saturated heterocycles. The molecule has 0 bridgehead atoms. The van der Waals surface area contributed by atoms with Gasteiger partial charge in [-0.3, -0.25) is 9.59 Å². The zero-order valence-corrected chi connectivity index (χ0v) is 16.6. The number of thioether (sulfide) groups is 1. The summed E-state index contributed by atoms with van der Waals surface area (Å²) < 4.78 is 10.4. The highest BCUT2D eigenvalue weighted by molar-refractivity contribution is 8.00. The number of carbonyl (C=O) groups is 1. The second kappa shape index (κ2) is 8.79. The Balaban J connectivity index is 1.65. The lowest BCUT2D eigenvalue weighted by atomic mass is 10.2. The van der Waals surface area contributed by atoms with E-state index in [0.717, 1.165) is 0 Å². The minimum absolute atomic E-state index is 0.150. The van der Waals surface area contributed by atoms with E-state index in [-0.39, 0.29) is 22.5 Å². The largest absolute Gasteiger partial charge is 0.497 e. The minimum Gasteiger partial charge on any atom is -0.497 e. The SMILES string of the molecule is COc1cc(NC(=O)CSC(C)c2nc3ccccc3c(=O)[nH]2)cc(OC)c1. The molecule has 1 aromatic heterocycles. The topological polar surface area (TPSA) is 93.3 Å². The van der Waals surface area contributed by atoms with E-state index in [1.165, 1.54) is 11.8 Å². The van der Waals surface area contributed by atoms with Crippen LogP contribution >= 0.6 is 11.8 Å². The lowest BCUT2D eigenvalue weighted by Crippen LogP contribution is -2.16. The summed E-state index contributed by atoms with van der Waals surface area (Å²) in [5.74, 6) is 1.76. The zero-order valence-electron chi connectivity index (χ0n) is 15.8. The van der Waals surface area contributed by atoms with E-state index >= 15 is 0 Å². The maximum Gasteiger partial charge on any atom is 0.258 e. The first kappa shape index (κ1) is 19.8. The molecular weight excluding hydrogens is 378 g/mol. The Bertz CT molecular complexity index is 1030. The first-order valence-corrected chi connectivity index (χ1v) is 9.68. The van der Waals surface area contributed by atoms with Gasteiger partial charge in [0.15, 0.2) is 0 Å². The van der Waals surface area contributed by atoms with Crippen LogP contribution < -0.4 is 20.3 Å². The number of anilines is 1. The van der Waals surface area contributed by atoms with Gasteiger partial charge in [0.05, 0.1) is 36.1 Å². The molecule has 146 valence electrons. The molecule has 0 aliphatic heterocycles. The minimum atomic E-state index is -0.180. The molecule has 2 N–H and O–H groups in total. The molecule has 3 aromatic rings. The molecular formula is C20H21N3O4S. The molecule has 0 radical (unpaired) electrons. The number of H-pyrrole nitrogens is 1. The molecule has 28 heavy (non-hydrogen) atoms. The van der Waals surface area contributed by atoms with Crippen molar-refractivity contribution in [2.45, 2.75) is 12.2 Å². The van der Waals surface area contributed by atoms with Crippen molar-refractivity contribution in [3.05, 3.63) is 58.6 Å². The van der Waals surface area contributed by atoms with E-state index in [4.69, 9.17) is 9.47 Å². The summed E-state index contributed by atoms with van der Waals surface area (Å²) in [5, 5.41) is 3.23. The smallest absolute Gasteiger partial charge is 0.258 e. The number of nitrogens with zero attached hydrogens (tertiary/aromatic N) is 1. The van der Waals surface area contributed by atoms with Gasteiger partial charge in [0, 0.05) is 23.9 Å². The number of amides is 1. The number of rotatable bonds is 7. The Morgan fingerprint density at radius 1 is 1.18 bits per heavy atom. The molecule has 7 nitrogen and oxygen atoms in total. The number of carbonyl (C=O) groups excluding carboxylic acids is 1. The van der Waals surface area contributed by atoms with Gasteiger partial charge in [0.25, 0.3) is 5.56 Å². The van der Waals surface area contributed by atoms with Crippen LogP contribution in [0, 0.1) is 0 Å². The molecule has 1 heterocycles. The number of aromatic nitrogens is 2. The normalized spacial score (nSPS) is 11.8. The van der Waals surface area contributed by atoms with Crippen LogP contribution in [0.2, 0.25) is 0 Å². The first-order chi connectivity index (χ1) is 13.5. The van der Waals surface area contributed by atoms with Crippen molar-refractivity contribution in [3.63, 3.8) is 0 Å². The fraction of sp³-hybridized carbons (Fsp3) is 0.250. The molecule has 0 aliphatic rings. The Kier molecular flexibility index (Phi) is 6.20. The molecule has 1 amide bonds. The van der Waals surface area contributed by atoms with E-state index < -0.39 is 0 Å². The van der Waals surface area contributed by atoms with Gasteiger partial charge in [-0.25, -0.2) is 4.98 Å². The van der Waals surface area contributed by atoms with E-state index in [9.17, 15) is 9.59 Å². The molecule has 0 fully saturated rings. The van der Waals surface area contributed by atoms with Crippen molar-refractivity contribution in [3.8, 4) is 11.5 Å². The summed E-state index contributed by atoms with van der Waals surface area (Å²) >= 11 is 1.39. The second-order valence-electron chi connectivity index (χ2n) is 6.07. The Hall–Kier alpha value is -3.00. The summed E-state index contributed by atoms with van der Waals surface area (Å²) in [4.78, 5) is 31.8. The number of ether oxygens (including phenoxy) is 2. The van der Waals surface area contributed by atoms with Gasteiger partial charge < -0.3 is 19.8 Å². The lowest BCUT2D eigenvalue weighted by Gasteiger charge is -2.12. The highest BCUT2D eigenvalue weighted by Crippen LogP contribution is 2.28. The van der Waals surface area contributed by atoms with Gasteiger partial charge in [0.2, 0.25) is 5.91 Å². The predicted molar refractivity (Wildman–Crippen MR) is 111 cm³/mol. The third-order valence-electron chi connectivity index (χ3n) is 4.12. The lowest BCUT2D eigenvalue weighted by molar-refractivity contribution is -0.113.